The van der Waals surface area contributed by atoms with Gasteiger partial charge in [-0.25, -0.2) is 4.98 Å². The van der Waals surface area contributed by atoms with E-state index in [0.717, 1.165) is 66.3 Å². The Morgan fingerprint density at radius 2 is 2.18 bits per heavy atom. The number of nitrogens with zero attached hydrogens (tertiary/aromatic N) is 4. The molecule has 8 heteroatoms. The zero-order valence-electron chi connectivity index (χ0n) is 18.5. The van der Waals surface area contributed by atoms with Crippen LogP contribution in [0.15, 0.2) is 53.4 Å². The van der Waals surface area contributed by atoms with Crippen molar-refractivity contribution in [2.24, 2.45) is 5.92 Å². The third kappa shape index (κ3) is 4.75. The lowest BCUT2D eigenvalue weighted by Crippen LogP contribution is -2.42. The molecule has 4 aromatic rings. The molecule has 1 aromatic carbocycles. The molecule has 1 fully saturated rings. The Morgan fingerprint density at radius 1 is 1.30 bits per heavy atom. The molecule has 0 spiro atoms. The van der Waals surface area contributed by atoms with Crippen LogP contribution in [0.1, 0.15) is 24.0 Å². The van der Waals surface area contributed by atoms with Gasteiger partial charge >= 0.3 is 0 Å². The molecule has 1 atom stereocenters. The van der Waals surface area contributed by atoms with E-state index in [-0.39, 0.29) is 5.91 Å². The molecule has 0 saturated carbocycles. The van der Waals surface area contributed by atoms with E-state index in [4.69, 9.17) is 16.6 Å². The van der Waals surface area contributed by atoms with Crippen molar-refractivity contribution < 1.29 is 4.79 Å². The zero-order chi connectivity index (χ0) is 22.8. The molecule has 1 saturated heterocycles. The molecule has 5 rings (SSSR count). The fourth-order valence-electron chi connectivity index (χ4n) is 4.39. The molecule has 170 valence electrons. The molecule has 1 unspecified atom stereocenters. The Bertz CT molecular complexity index is 1270. The van der Waals surface area contributed by atoms with Gasteiger partial charge in [0.05, 0.1) is 18.3 Å². The van der Waals surface area contributed by atoms with Gasteiger partial charge in [-0.3, -0.25) is 4.79 Å². The van der Waals surface area contributed by atoms with Gasteiger partial charge in [0, 0.05) is 41.9 Å². The maximum absolute atomic E-state index is 12.8. The van der Waals surface area contributed by atoms with Crippen LogP contribution in [0, 0.1) is 12.8 Å². The smallest absolute Gasteiger partial charge is 0.227 e. The minimum Gasteiger partial charge on any atom is -0.370 e. The van der Waals surface area contributed by atoms with Crippen molar-refractivity contribution in [3.8, 4) is 11.3 Å². The molecule has 4 heterocycles. The van der Waals surface area contributed by atoms with Crippen LogP contribution < -0.4 is 5.32 Å². The number of anilines is 1. The minimum absolute atomic E-state index is 0.216. The van der Waals surface area contributed by atoms with Crippen LogP contribution in [-0.2, 0) is 11.2 Å². The largest absolute Gasteiger partial charge is 0.370 e. The van der Waals surface area contributed by atoms with E-state index >= 15 is 0 Å². The van der Waals surface area contributed by atoms with Crippen molar-refractivity contribution in [3.05, 3.63) is 69.5 Å². The zero-order valence-corrected chi connectivity index (χ0v) is 20.1. The number of benzene rings is 1. The number of piperidine rings is 1. The van der Waals surface area contributed by atoms with Crippen LogP contribution >= 0.6 is 22.9 Å². The van der Waals surface area contributed by atoms with Crippen LogP contribution in [0.5, 0.6) is 0 Å². The molecule has 0 aliphatic carbocycles. The summed E-state index contributed by atoms with van der Waals surface area (Å²) in [6.07, 6.45) is 4.44. The van der Waals surface area contributed by atoms with Crippen molar-refractivity contribution in [2.45, 2.75) is 26.2 Å². The monoisotopic (exact) mass is 479 g/mol. The number of nitrogens with one attached hydrogen (secondary N) is 1. The topological polar surface area (TPSA) is 62.5 Å². The van der Waals surface area contributed by atoms with Gasteiger partial charge in [-0.2, -0.15) is 21.0 Å². The highest BCUT2D eigenvalue weighted by Crippen LogP contribution is 2.29. The normalized spacial score (nSPS) is 16.3. The summed E-state index contributed by atoms with van der Waals surface area (Å²) >= 11 is 8.09. The van der Waals surface area contributed by atoms with E-state index < -0.39 is 0 Å². The summed E-state index contributed by atoms with van der Waals surface area (Å²) in [5.74, 6) is 1.48. The minimum atomic E-state index is 0.216. The predicted molar refractivity (Wildman–Crippen MR) is 134 cm³/mol. The molecule has 1 aliphatic rings. The highest BCUT2D eigenvalue weighted by Gasteiger charge is 2.24. The van der Waals surface area contributed by atoms with E-state index in [9.17, 15) is 4.79 Å². The molecular weight excluding hydrogens is 454 g/mol. The first-order chi connectivity index (χ1) is 16.1. The van der Waals surface area contributed by atoms with E-state index in [1.54, 1.807) is 11.3 Å². The molecule has 0 bridgehead atoms. The fourth-order valence-corrected chi connectivity index (χ4v) is 5.29. The lowest BCUT2D eigenvalue weighted by Gasteiger charge is -2.33. The average Bonchev–Trinajstić information content (AvgIpc) is 3.48. The Morgan fingerprint density at radius 3 is 3.00 bits per heavy atom. The molecule has 1 aliphatic heterocycles. The first-order valence-corrected chi connectivity index (χ1v) is 12.5. The lowest BCUT2D eigenvalue weighted by atomic mass is 9.97. The third-order valence-electron chi connectivity index (χ3n) is 6.18. The molecular formula is C25H26ClN5OS. The standard InChI is InChI=1S/C25H26ClN5OS/c1-17-13-28-31-23(12-22(29-25(17)31)20-6-2-3-7-21(20)26)27-14-19-5-4-9-30(15-19)24(32)11-18-8-10-33-16-18/h2-3,6-8,10,12-13,16,19,27H,4-5,9,11,14-15H2,1H3. The van der Waals surface area contributed by atoms with E-state index in [1.165, 1.54) is 0 Å². The number of rotatable bonds is 6. The van der Waals surface area contributed by atoms with Gasteiger partial charge in [0.2, 0.25) is 5.91 Å². The highest BCUT2D eigenvalue weighted by molar-refractivity contribution is 7.08. The number of aryl methyl sites for hydroxylation is 1. The second-order valence-electron chi connectivity index (χ2n) is 8.61. The van der Waals surface area contributed by atoms with Gasteiger partial charge in [-0.05, 0) is 54.1 Å². The van der Waals surface area contributed by atoms with E-state index in [2.05, 4.69) is 15.8 Å². The molecule has 3 aromatic heterocycles. The Hall–Kier alpha value is -2.90. The molecule has 1 amide bonds. The summed E-state index contributed by atoms with van der Waals surface area (Å²) in [5, 5.41) is 12.9. The first-order valence-electron chi connectivity index (χ1n) is 11.2. The molecule has 33 heavy (non-hydrogen) atoms. The number of amides is 1. The fraction of sp³-hybridized carbons (Fsp3) is 0.320. The van der Waals surface area contributed by atoms with Gasteiger partial charge in [0.25, 0.3) is 0 Å². The average molecular weight is 480 g/mol. The number of carbonyl (C=O) groups excluding carboxylic acids is 1. The van der Waals surface area contributed by atoms with Gasteiger partial charge in [0.15, 0.2) is 5.65 Å². The molecule has 6 nitrogen and oxygen atoms in total. The molecule has 1 N–H and O–H groups in total. The summed E-state index contributed by atoms with van der Waals surface area (Å²) in [4.78, 5) is 19.6. The summed E-state index contributed by atoms with van der Waals surface area (Å²) < 4.78 is 1.85. The second-order valence-corrected chi connectivity index (χ2v) is 9.79. The van der Waals surface area contributed by atoms with Crippen molar-refractivity contribution in [1.82, 2.24) is 19.5 Å². The number of halogens is 1. The van der Waals surface area contributed by atoms with Crippen molar-refractivity contribution in [3.63, 3.8) is 0 Å². The maximum Gasteiger partial charge on any atom is 0.227 e. The lowest BCUT2D eigenvalue weighted by molar-refractivity contribution is -0.132. The number of likely N-dealkylation sites (tertiary alicyclic amines) is 1. The predicted octanol–water partition coefficient (Wildman–Crippen LogP) is 5.31. The number of carbonyl (C=O) groups is 1. The van der Waals surface area contributed by atoms with Gasteiger partial charge < -0.3 is 10.2 Å². The van der Waals surface area contributed by atoms with Gasteiger partial charge in [0.1, 0.15) is 5.82 Å². The van der Waals surface area contributed by atoms with Crippen molar-refractivity contribution >= 4 is 40.3 Å². The van der Waals surface area contributed by atoms with E-state index in [0.29, 0.717) is 17.4 Å². The first kappa shape index (κ1) is 21.9. The van der Waals surface area contributed by atoms with Crippen LogP contribution in [0.25, 0.3) is 16.9 Å². The Balaban J connectivity index is 1.33. The quantitative estimate of drug-likeness (QED) is 0.407. The maximum atomic E-state index is 12.8. The third-order valence-corrected chi connectivity index (χ3v) is 7.24. The number of thiophene rings is 1. The van der Waals surface area contributed by atoms with E-state index in [1.807, 2.05) is 64.3 Å². The number of fused-ring (bicyclic) bond motifs is 1. The number of aromatic nitrogens is 3. The Labute approximate surface area is 202 Å². The highest BCUT2D eigenvalue weighted by atomic mass is 35.5. The van der Waals surface area contributed by atoms with Crippen LogP contribution in [0.4, 0.5) is 5.82 Å². The SMILES string of the molecule is Cc1cnn2c(NCC3CCCN(C(=O)Cc4ccsc4)C3)cc(-c3ccccc3Cl)nc12. The van der Waals surface area contributed by atoms with Gasteiger partial charge in [-0.15, -0.1) is 0 Å². The second kappa shape index (κ2) is 9.53. The summed E-state index contributed by atoms with van der Waals surface area (Å²) in [7, 11) is 0. The van der Waals surface area contributed by atoms with Crippen LogP contribution in [0.2, 0.25) is 5.02 Å². The molecule has 0 radical (unpaired) electrons. The van der Waals surface area contributed by atoms with Crippen LogP contribution in [0.3, 0.4) is 0 Å². The van der Waals surface area contributed by atoms with Crippen LogP contribution in [-0.4, -0.2) is 45.0 Å². The summed E-state index contributed by atoms with van der Waals surface area (Å²) in [5.41, 5.74) is 4.63. The number of hydrogen-bond donors (Lipinski definition) is 1. The summed E-state index contributed by atoms with van der Waals surface area (Å²) in [6.45, 7) is 4.39. The van der Waals surface area contributed by atoms with Crippen molar-refractivity contribution in [1.29, 1.82) is 0 Å². The summed E-state index contributed by atoms with van der Waals surface area (Å²) in [6, 6.07) is 11.8. The van der Waals surface area contributed by atoms with Crippen molar-refractivity contribution in [2.75, 3.05) is 25.0 Å². The Kier molecular flexibility index (Phi) is 6.33. The van der Waals surface area contributed by atoms with Gasteiger partial charge in [-0.1, -0.05) is 29.8 Å². The number of hydrogen-bond acceptors (Lipinski definition) is 5.